The van der Waals surface area contributed by atoms with Crippen LogP contribution < -0.4 is 10.1 Å². The van der Waals surface area contributed by atoms with Crippen LogP contribution in [-0.4, -0.2) is 24.0 Å². The standard InChI is InChI=1S/C26H27ClN2O7S/c1-15(17-8-6-7-9-18(17)27)36-21-13-22(37-23(21)24(30)34-5)28-19-12-16(10-11-20(19)29(32)33)14-35-25(31)26(2,3)4/h6-13,15,28H,14H2,1-5H3/t15-/m1/s1. The third-order valence-corrected chi connectivity index (χ3v) is 6.57. The van der Waals surface area contributed by atoms with E-state index in [4.69, 9.17) is 25.8 Å². The van der Waals surface area contributed by atoms with Gasteiger partial charge in [0.25, 0.3) is 5.69 Å². The number of nitrogens with zero attached hydrogens (tertiary/aromatic N) is 1. The smallest absolute Gasteiger partial charge is 0.351 e. The largest absolute Gasteiger partial charge is 0.484 e. The van der Waals surface area contributed by atoms with Crippen LogP contribution in [0.2, 0.25) is 5.02 Å². The predicted molar refractivity (Wildman–Crippen MR) is 142 cm³/mol. The summed E-state index contributed by atoms with van der Waals surface area (Å²) in [6.45, 7) is 6.95. The molecule has 9 nitrogen and oxygen atoms in total. The zero-order valence-corrected chi connectivity index (χ0v) is 22.6. The van der Waals surface area contributed by atoms with E-state index in [0.717, 1.165) is 16.9 Å². The van der Waals surface area contributed by atoms with Gasteiger partial charge in [0.2, 0.25) is 0 Å². The summed E-state index contributed by atoms with van der Waals surface area (Å²) < 4.78 is 16.3. The first-order chi connectivity index (χ1) is 17.4. The van der Waals surface area contributed by atoms with Crippen molar-refractivity contribution in [2.45, 2.75) is 40.4 Å². The first kappa shape index (κ1) is 27.9. The lowest BCUT2D eigenvalue weighted by atomic mass is 9.97. The minimum Gasteiger partial charge on any atom is -0.484 e. The van der Waals surface area contributed by atoms with Crippen LogP contribution in [0.1, 0.15) is 54.6 Å². The van der Waals surface area contributed by atoms with Gasteiger partial charge in [0.15, 0.2) is 4.88 Å². The molecule has 0 unspecified atom stereocenters. The van der Waals surface area contributed by atoms with Gasteiger partial charge in [-0.25, -0.2) is 4.79 Å². The molecular formula is C26H27ClN2O7S. The molecule has 0 radical (unpaired) electrons. The third kappa shape index (κ3) is 6.99. The van der Waals surface area contributed by atoms with Crippen molar-refractivity contribution in [1.29, 1.82) is 0 Å². The number of methoxy groups -OCH3 is 1. The number of thiophene rings is 1. The number of anilines is 2. The minimum atomic E-state index is -0.680. The van der Waals surface area contributed by atoms with Gasteiger partial charge in [-0.15, -0.1) is 11.3 Å². The van der Waals surface area contributed by atoms with E-state index in [9.17, 15) is 19.7 Å². The van der Waals surface area contributed by atoms with Crippen LogP contribution in [0.4, 0.5) is 16.4 Å². The molecule has 37 heavy (non-hydrogen) atoms. The molecule has 0 bridgehead atoms. The average molecular weight is 547 g/mol. The lowest BCUT2D eigenvalue weighted by Gasteiger charge is -2.16. The van der Waals surface area contributed by atoms with E-state index in [1.165, 1.54) is 25.3 Å². The Labute approximate surface area is 223 Å². The molecule has 1 aromatic heterocycles. The molecule has 1 atom stereocenters. The highest BCUT2D eigenvalue weighted by Gasteiger charge is 2.25. The number of benzene rings is 2. The van der Waals surface area contributed by atoms with Gasteiger partial charge in [-0.2, -0.15) is 0 Å². The molecule has 1 N–H and O–H groups in total. The molecule has 2 aromatic carbocycles. The van der Waals surface area contributed by atoms with E-state index in [2.05, 4.69) is 5.32 Å². The number of carbonyl (C=O) groups is 2. The summed E-state index contributed by atoms with van der Waals surface area (Å²) in [5, 5.41) is 15.6. The second-order valence-corrected chi connectivity index (χ2v) is 10.6. The molecular weight excluding hydrogens is 520 g/mol. The van der Waals surface area contributed by atoms with Gasteiger partial charge < -0.3 is 19.5 Å². The first-order valence-corrected chi connectivity index (χ1v) is 12.4. The normalized spacial score (nSPS) is 11.9. The summed E-state index contributed by atoms with van der Waals surface area (Å²) in [6.07, 6.45) is -0.491. The maximum atomic E-state index is 12.4. The Hall–Kier alpha value is -3.63. The number of esters is 2. The molecule has 0 aliphatic heterocycles. The van der Waals surface area contributed by atoms with Crippen molar-refractivity contribution < 1.29 is 28.7 Å². The summed E-state index contributed by atoms with van der Waals surface area (Å²) in [4.78, 5) is 35.9. The average Bonchev–Trinajstić information content (AvgIpc) is 3.23. The number of hydrogen-bond acceptors (Lipinski definition) is 9. The number of rotatable bonds is 9. The second-order valence-electron chi connectivity index (χ2n) is 9.14. The summed E-state index contributed by atoms with van der Waals surface area (Å²) in [6, 6.07) is 13.1. The Morgan fingerprint density at radius 1 is 1.16 bits per heavy atom. The molecule has 0 fully saturated rings. The van der Waals surface area contributed by atoms with Crippen LogP contribution in [0.25, 0.3) is 0 Å². The van der Waals surface area contributed by atoms with Gasteiger partial charge in [-0.05, 0) is 51.5 Å². The molecule has 0 aliphatic rings. The lowest BCUT2D eigenvalue weighted by Crippen LogP contribution is -2.22. The summed E-state index contributed by atoms with van der Waals surface area (Å²) >= 11 is 7.31. The van der Waals surface area contributed by atoms with Crippen LogP contribution >= 0.6 is 22.9 Å². The maximum Gasteiger partial charge on any atom is 0.351 e. The zero-order chi connectivity index (χ0) is 27.3. The van der Waals surface area contributed by atoms with Gasteiger partial charge >= 0.3 is 11.9 Å². The van der Waals surface area contributed by atoms with E-state index >= 15 is 0 Å². The minimum absolute atomic E-state index is 0.0513. The van der Waals surface area contributed by atoms with Gasteiger partial charge in [0.05, 0.1) is 22.4 Å². The molecule has 0 saturated carbocycles. The van der Waals surface area contributed by atoms with Crippen LogP contribution in [-0.2, 0) is 20.9 Å². The van der Waals surface area contributed by atoms with E-state index in [1.807, 2.05) is 12.1 Å². The summed E-state index contributed by atoms with van der Waals surface area (Å²) in [5.74, 6) is -0.766. The van der Waals surface area contributed by atoms with Crippen LogP contribution in [0.15, 0.2) is 48.5 Å². The summed E-state index contributed by atoms with van der Waals surface area (Å²) in [7, 11) is 1.25. The van der Waals surface area contributed by atoms with E-state index in [0.29, 0.717) is 15.6 Å². The fourth-order valence-corrected chi connectivity index (χ4v) is 4.46. The van der Waals surface area contributed by atoms with Crippen molar-refractivity contribution in [3.05, 3.63) is 79.7 Å². The molecule has 3 aromatic rings. The highest BCUT2D eigenvalue weighted by molar-refractivity contribution is 7.18. The van der Waals surface area contributed by atoms with E-state index in [-0.39, 0.29) is 28.6 Å². The van der Waals surface area contributed by atoms with Crippen LogP contribution in [0, 0.1) is 15.5 Å². The topological polar surface area (TPSA) is 117 Å². The third-order valence-electron chi connectivity index (χ3n) is 5.21. The van der Waals surface area contributed by atoms with Gasteiger partial charge in [0, 0.05) is 22.7 Å². The van der Waals surface area contributed by atoms with Crippen molar-refractivity contribution in [2.75, 3.05) is 12.4 Å². The number of halogens is 1. The zero-order valence-electron chi connectivity index (χ0n) is 21.0. The molecule has 0 saturated heterocycles. The van der Waals surface area contributed by atoms with E-state index in [1.54, 1.807) is 45.9 Å². The van der Waals surface area contributed by atoms with Crippen molar-refractivity contribution >= 4 is 51.3 Å². The molecule has 196 valence electrons. The monoisotopic (exact) mass is 546 g/mol. The van der Waals surface area contributed by atoms with E-state index < -0.39 is 28.4 Å². The summed E-state index contributed by atoms with van der Waals surface area (Å²) in [5.41, 5.74) is 0.581. The Bertz CT molecular complexity index is 1320. The quantitative estimate of drug-likeness (QED) is 0.172. The maximum absolute atomic E-state index is 12.4. The van der Waals surface area contributed by atoms with Crippen molar-refractivity contribution in [3.8, 4) is 5.75 Å². The SMILES string of the molecule is COC(=O)c1sc(Nc2cc(COC(=O)C(C)(C)C)ccc2[N+](=O)[O-])cc1O[C@H](C)c1ccccc1Cl. The number of nitrogens with one attached hydrogen (secondary N) is 1. The van der Waals surface area contributed by atoms with Crippen LogP contribution in [0.5, 0.6) is 5.75 Å². The lowest BCUT2D eigenvalue weighted by molar-refractivity contribution is -0.383. The highest BCUT2D eigenvalue weighted by Crippen LogP contribution is 2.40. The number of carbonyl (C=O) groups excluding carboxylic acids is 2. The Morgan fingerprint density at radius 2 is 1.86 bits per heavy atom. The molecule has 11 heteroatoms. The van der Waals surface area contributed by atoms with Gasteiger partial charge in [0.1, 0.15) is 24.1 Å². The fraction of sp³-hybridized carbons (Fsp3) is 0.308. The first-order valence-electron chi connectivity index (χ1n) is 11.3. The van der Waals surface area contributed by atoms with Crippen molar-refractivity contribution in [1.82, 2.24) is 0 Å². The van der Waals surface area contributed by atoms with Crippen molar-refractivity contribution in [2.24, 2.45) is 5.41 Å². The van der Waals surface area contributed by atoms with Crippen LogP contribution in [0.3, 0.4) is 0 Å². The highest BCUT2D eigenvalue weighted by atomic mass is 35.5. The number of hydrogen-bond donors (Lipinski definition) is 1. The van der Waals surface area contributed by atoms with Crippen molar-refractivity contribution in [3.63, 3.8) is 0 Å². The molecule has 0 amide bonds. The second kappa shape index (κ2) is 11.6. The fourth-order valence-electron chi connectivity index (χ4n) is 3.25. The number of nitro groups is 1. The Balaban J connectivity index is 1.90. The number of ether oxygens (including phenoxy) is 3. The number of nitro benzene ring substituents is 1. The van der Waals surface area contributed by atoms with Gasteiger partial charge in [-0.1, -0.05) is 29.8 Å². The molecule has 3 rings (SSSR count). The Kier molecular flexibility index (Phi) is 8.77. The molecule has 0 aliphatic carbocycles. The predicted octanol–water partition coefficient (Wildman–Crippen LogP) is 7.07. The Morgan fingerprint density at radius 3 is 2.49 bits per heavy atom. The molecule has 0 spiro atoms. The molecule has 1 heterocycles. The van der Waals surface area contributed by atoms with Gasteiger partial charge in [-0.3, -0.25) is 14.9 Å².